The van der Waals surface area contributed by atoms with E-state index in [0.717, 1.165) is 0 Å². The average molecular weight is 234 g/mol. The van der Waals surface area contributed by atoms with Gasteiger partial charge in [0.05, 0.1) is 0 Å². The number of hydrogen-bond acceptors (Lipinski definition) is 2. The van der Waals surface area contributed by atoms with E-state index >= 15 is 0 Å². The van der Waals surface area contributed by atoms with Crippen LogP contribution < -0.4 is 5.43 Å². The second-order valence-corrected chi connectivity index (χ2v) is 6.52. The molecule has 1 aliphatic heterocycles. The van der Waals surface area contributed by atoms with Gasteiger partial charge in [0.1, 0.15) is 0 Å². The maximum absolute atomic E-state index is 4.54. The Balaban J connectivity index is 2.34. The van der Waals surface area contributed by atoms with Crippen LogP contribution in [0.2, 0.25) is 0 Å². The van der Waals surface area contributed by atoms with Gasteiger partial charge in [-0.3, -0.25) is 5.43 Å². The molecule has 2 heteroatoms. The van der Waals surface area contributed by atoms with Gasteiger partial charge in [-0.15, -0.1) is 0 Å². The summed E-state index contributed by atoms with van der Waals surface area (Å²) < 4.78 is 0. The molecule has 2 aliphatic rings. The average Bonchev–Trinajstić information content (AvgIpc) is 2.17. The van der Waals surface area contributed by atoms with E-state index in [0.29, 0.717) is 5.92 Å². The molecule has 2 nitrogen and oxygen atoms in total. The molecule has 0 aromatic rings. The van der Waals surface area contributed by atoms with Crippen molar-refractivity contribution >= 4 is 5.71 Å². The van der Waals surface area contributed by atoms with Crippen LogP contribution in [0.15, 0.2) is 16.4 Å². The molecule has 1 N–H and O–H groups in total. The molecule has 0 radical (unpaired) electrons. The summed E-state index contributed by atoms with van der Waals surface area (Å²) in [6.45, 7) is 9.04. The Morgan fingerprint density at radius 3 is 2.53 bits per heavy atom. The summed E-state index contributed by atoms with van der Waals surface area (Å²) in [6.07, 6.45) is 8.06. The van der Waals surface area contributed by atoms with E-state index in [-0.39, 0.29) is 5.41 Å². The Morgan fingerprint density at radius 1 is 1.12 bits per heavy atom. The molecule has 0 aromatic carbocycles. The molecule has 0 amide bonds. The molecule has 1 atom stereocenters. The van der Waals surface area contributed by atoms with Gasteiger partial charge in [-0.1, -0.05) is 40.0 Å². The second-order valence-electron chi connectivity index (χ2n) is 6.52. The van der Waals surface area contributed by atoms with Crippen molar-refractivity contribution in [1.82, 2.24) is 5.43 Å². The SMILES string of the molecule is CC1=NNC(C(C)(C)C)=C2CCCCCCC12. The molecular weight excluding hydrogens is 208 g/mol. The van der Waals surface area contributed by atoms with E-state index in [9.17, 15) is 0 Å². The number of nitrogens with zero attached hydrogens (tertiary/aromatic N) is 1. The van der Waals surface area contributed by atoms with Crippen LogP contribution >= 0.6 is 0 Å². The fraction of sp³-hybridized carbons (Fsp3) is 0.800. The van der Waals surface area contributed by atoms with Crippen LogP contribution in [0.3, 0.4) is 0 Å². The molecule has 17 heavy (non-hydrogen) atoms. The van der Waals surface area contributed by atoms with E-state index in [1.165, 1.54) is 49.9 Å². The number of nitrogens with one attached hydrogen (secondary N) is 1. The normalized spacial score (nSPS) is 26.6. The molecule has 0 spiro atoms. The van der Waals surface area contributed by atoms with Gasteiger partial charge < -0.3 is 0 Å². The molecule has 0 saturated heterocycles. The van der Waals surface area contributed by atoms with Gasteiger partial charge in [0.2, 0.25) is 0 Å². The first-order valence-electron chi connectivity index (χ1n) is 7.04. The van der Waals surface area contributed by atoms with Gasteiger partial charge in [-0.05, 0) is 31.8 Å². The third kappa shape index (κ3) is 2.72. The van der Waals surface area contributed by atoms with Crippen molar-refractivity contribution in [3.8, 4) is 0 Å². The topological polar surface area (TPSA) is 24.4 Å². The molecule has 0 bridgehead atoms. The molecule has 2 rings (SSSR count). The minimum absolute atomic E-state index is 0.191. The van der Waals surface area contributed by atoms with Crippen molar-refractivity contribution in [2.45, 2.75) is 66.2 Å². The van der Waals surface area contributed by atoms with E-state index in [1.807, 2.05) is 0 Å². The number of fused-ring (bicyclic) bond motifs is 1. The first kappa shape index (κ1) is 12.7. The number of allylic oxidation sites excluding steroid dienone is 2. The first-order chi connectivity index (χ1) is 8.00. The highest BCUT2D eigenvalue weighted by atomic mass is 15.3. The molecule has 0 aromatic heterocycles. The summed E-state index contributed by atoms with van der Waals surface area (Å²) >= 11 is 0. The first-order valence-corrected chi connectivity index (χ1v) is 7.04. The van der Waals surface area contributed by atoms with Gasteiger partial charge in [0.15, 0.2) is 0 Å². The minimum Gasteiger partial charge on any atom is -0.282 e. The predicted octanol–water partition coefficient (Wildman–Crippen LogP) is 4.24. The lowest BCUT2D eigenvalue weighted by Gasteiger charge is -2.35. The summed E-state index contributed by atoms with van der Waals surface area (Å²) in [5.41, 5.74) is 7.83. The fourth-order valence-electron chi connectivity index (χ4n) is 3.07. The molecule has 1 heterocycles. The summed E-state index contributed by atoms with van der Waals surface area (Å²) in [4.78, 5) is 0. The standard InChI is InChI=1S/C15H26N2/c1-11-12-9-7-5-6-8-10-13(12)14(17-16-11)15(2,3)4/h12,17H,5-10H2,1-4H3. The van der Waals surface area contributed by atoms with Crippen molar-refractivity contribution in [3.63, 3.8) is 0 Å². The van der Waals surface area contributed by atoms with Gasteiger partial charge in [-0.2, -0.15) is 5.10 Å². The summed E-state index contributed by atoms with van der Waals surface area (Å²) in [7, 11) is 0. The van der Waals surface area contributed by atoms with Crippen molar-refractivity contribution in [3.05, 3.63) is 11.3 Å². The third-order valence-electron chi connectivity index (χ3n) is 4.03. The fourth-order valence-corrected chi connectivity index (χ4v) is 3.07. The summed E-state index contributed by atoms with van der Waals surface area (Å²) in [5.74, 6) is 0.616. The Morgan fingerprint density at radius 2 is 1.82 bits per heavy atom. The minimum atomic E-state index is 0.191. The smallest absolute Gasteiger partial charge is 0.0423 e. The quantitative estimate of drug-likeness (QED) is 0.666. The van der Waals surface area contributed by atoms with Crippen molar-refractivity contribution in [2.75, 3.05) is 0 Å². The molecule has 1 unspecified atom stereocenters. The summed E-state index contributed by atoms with van der Waals surface area (Å²) in [6, 6.07) is 0. The monoisotopic (exact) mass is 234 g/mol. The van der Waals surface area contributed by atoms with E-state index < -0.39 is 0 Å². The van der Waals surface area contributed by atoms with Gasteiger partial charge in [0, 0.05) is 22.7 Å². The van der Waals surface area contributed by atoms with Crippen molar-refractivity contribution in [1.29, 1.82) is 0 Å². The highest BCUT2D eigenvalue weighted by Crippen LogP contribution is 2.38. The molecule has 96 valence electrons. The van der Waals surface area contributed by atoms with Gasteiger partial charge in [0.25, 0.3) is 0 Å². The third-order valence-corrected chi connectivity index (χ3v) is 4.03. The van der Waals surface area contributed by atoms with E-state index in [2.05, 4.69) is 38.2 Å². The van der Waals surface area contributed by atoms with E-state index in [1.54, 1.807) is 5.57 Å². The van der Waals surface area contributed by atoms with Crippen LogP contribution in [0.25, 0.3) is 0 Å². The van der Waals surface area contributed by atoms with Crippen LogP contribution in [0, 0.1) is 11.3 Å². The van der Waals surface area contributed by atoms with Crippen molar-refractivity contribution in [2.24, 2.45) is 16.4 Å². The highest BCUT2D eigenvalue weighted by molar-refractivity contribution is 5.87. The lowest BCUT2D eigenvalue weighted by molar-refractivity contribution is 0.422. The maximum Gasteiger partial charge on any atom is 0.0423 e. The zero-order chi connectivity index (χ0) is 12.5. The molecule has 1 aliphatic carbocycles. The van der Waals surface area contributed by atoms with Crippen LogP contribution in [0.4, 0.5) is 0 Å². The van der Waals surface area contributed by atoms with Gasteiger partial charge >= 0.3 is 0 Å². The largest absolute Gasteiger partial charge is 0.282 e. The van der Waals surface area contributed by atoms with Crippen molar-refractivity contribution < 1.29 is 0 Å². The Kier molecular flexibility index (Phi) is 3.60. The van der Waals surface area contributed by atoms with Crippen LogP contribution in [-0.2, 0) is 0 Å². The number of hydrogen-bond donors (Lipinski definition) is 1. The van der Waals surface area contributed by atoms with Crippen LogP contribution in [0.1, 0.15) is 66.2 Å². The number of hydrazone groups is 1. The Hall–Kier alpha value is -0.790. The Labute approximate surface area is 106 Å². The second kappa shape index (κ2) is 4.83. The predicted molar refractivity (Wildman–Crippen MR) is 73.9 cm³/mol. The maximum atomic E-state index is 4.54. The number of rotatable bonds is 0. The van der Waals surface area contributed by atoms with Crippen LogP contribution in [-0.4, -0.2) is 5.71 Å². The summed E-state index contributed by atoms with van der Waals surface area (Å²) in [5, 5.41) is 4.54. The molecule has 1 fully saturated rings. The Bertz CT molecular complexity index is 344. The lowest BCUT2D eigenvalue weighted by Crippen LogP contribution is -2.33. The molecule has 1 saturated carbocycles. The lowest BCUT2D eigenvalue weighted by atomic mass is 9.77. The zero-order valence-electron chi connectivity index (χ0n) is 11.8. The highest BCUT2D eigenvalue weighted by Gasteiger charge is 2.30. The van der Waals surface area contributed by atoms with E-state index in [4.69, 9.17) is 0 Å². The zero-order valence-corrected chi connectivity index (χ0v) is 11.8. The van der Waals surface area contributed by atoms with Crippen LogP contribution in [0.5, 0.6) is 0 Å². The molecular formula is C15H26N2. The van der Waals surface area contributed by atoms with Gasteiger partial charge in [-0.25, -0.2) is 0 Å².